The van der Waals surface area contributed by atoms with Crippen LogP contribution in [0.3, 0.4) is 0 Å². The van der Waals surface area contributed by atoms with Gasteiger partial charge in [-0.15, -0.1) is 6.58 Å². The lowest BCUT2D eigenvalue weighted by Gasteiger charge is -2.27. The van der Waals surface area contributed by atoms with Crippen molar-refractivity contribution in [1.82, 2.24) is 0 Å². The number of nitrogens with one attached hydrogen (secondary N) is 2. The van der Waals surface area contributed by atoms with Gasteiger partial charge in [-0.05, 0) is 56.3 Å². The zero-order valence-electron chi connectivity index (χ0n) is 16.8. The van der Waals surface area contributed by atoms with Gasteiger partial charge in [0.1, 0.15) is 18.1 Å². The van der Waals surface area contributed by atoms with Gasteiger partial charge in [-0.1, -0.05) is 6.08 Å². The van der Waals surface area contributed by atoms with Crippen LogP contribution in [-0.2, 0) is 4.79 Å². The van der Waals surface area contributed by atoms with Gasteiger partial charge < -0.3 is 25.0 Å². The number of ether oxygens (including phenoxy) is 2. The van der Waals surface area contributed by atoms with Crippen LogP contribution in [0.1, 0.15) is 13.8 Å². The van der Waals surface area contributed by atoms with E-state index in [0.717, 1.165) is 0 Å². The summed E-state index contributed by atoms with van der Waals surface area (Å²) in [5, 5.41) is 5.55. The van der Waals surface area contributed by atoms with Gasteiger partial charge in [-0.2, -0.15) is 0 Å². The molecule has 1 heterocycles. The Balaban J connectivity index is 1.80. The van der Waals surface area contributed by atoms with Crippen molar-refractivity contribution in [3.63, 3.8) is 0 Å². The predicted octanol–water partition coefficient (Wildman–Crippen LogP) is 4.28. The molecule has 29 heavy (non-hydrogen) atoms. The standard InChI is InChI=1S/C22H25N3O4/c1-5-12-25-18-13-16(8-11-19(18)29-14-22(2,3)20(25)26)24-21(27)23-15-6-9-17(28-4)10-7-15/h5-11,13H,1,12,14H2,2-4H3,(H2,23,24,27). The van der Waals surface area contributed by atoms with E-state index in [2.05, 4.69) is 17.2 Å². The number of carbonyl (C=O) groups is 2. The fraction of sp³-hybridized carbons (Fsp3) is 0.273. The summed E-state index contributed by atoms with van der Waals surface area (Å²) in [6.07, 6.45) is 1.67. The Hall–Kier alpha value is -3.48. The molecule has 2 N–H and O–H groups in total. The Kier molecular flexibility index (Phi) is 5.77. The predicted molar refractivity (Wildman–Crippen MR) is 114 cm³/mol. The number of fused-ring (bicyclic) bond motifs is 1. The van der Waals surface area contributed by atoms with Crippen LogP contribution >= 0.6 is 0 Å². The van der Waals surface area contributed by atoms with E-state index in [9.17, 15) is 9.59 Å². The maximum Gasteiger partial charge on any atom is 0.323 e. The van der Waals surface area contributed by atoms with Gasteiger partial charge in [-0.3, -0.25) is 4.79 Å². The van der Waals surface area contributed by atoms with Gasteiger partial charge >= 0.3 is 6.03 Å². The van der Waals surface area contributed by atoms with Crippen LogP contribution < -0.4 is 25.0 Å². The average Bonchev–Trinajstić information content (AvgIpc) is 2.79. The Bertz CT molecular complexity index is 922. The highest BCUT2D eigenvalue weighted by atomic mass is 16.5. The van der Waals surface area contributed by atoms with Gasteiger partial charge in [0.2, 0.25) is 5.91 Å². The fourth-order valence-corrected chi connectivity index (χ4v) is 3.00. The molecule has 1 aliphatic rings. The highest BCUT2D eigenvalue weighted by molar-refractivity contribution is 6.02. The molecule has 3 amide bonds. The molecule has 0 unspecified atom stereocenters. The normalized spacial score (nSPS) is 14.9. The summed E-state index contributed by atoms with van der Waals surface area (Å²) in [7, 11) is 1.58. The molecule has 0 fully saturated rings. The summed E-state index contributed by atoms with van der Waals surface area (Å²) in [6.45, 7) is 8.06. The van der Waals surface area contributed by atoms with Crippen LogP contribution in [0.25, 0.3) is 0 Å². The summed E-state index contributed by atoms with van der Waals surface area (Å²) in [6, 6.07) is 11.8. The number of rotatable bonds is 5. The van der Waals surface area contributed by atoms with E-state index in [4.69, 9.17) is 9.47 Å². The minimum atomic E-state index is -0.665. The van der Waals surface area contributed by atoms with Crippen molar-refractivity contribution in [3.8, 4) is 11.5 Å². The van der Waals surface area contributed by atoms with Crippen molar-refractivity contribution in [2.24, 2.45) is 5.41 Å². The minimum Gasteiger partial charge on any atom is -0.497 e. The molecule has 0 saturated carbocycles. The second-order valence-electron chi connectivity index (χ2n) is 7.37. The van der Waals surface area contributed by atoms with E-state index < -0.39 is 11.4 Å². The molecule has 0 atom stereocenters. The second kappa shape index (κ2) is 8.26. The van der Waals surface area contributed by atoms with E-state index in [0.29, 0.717) is 35.1 Å². The molecule has 0 saturated heterocycles. The lowest BCUT2D eigenvalue weighted by Crippen LogP contribution is -2.42. The van der Waals surface area contributed by atoms with Crippen molar-refractivity contribution >= 4 is 29.0 Å². The van der Waals surface area contributed by atoms with Crippen molar-refractivity contribution in [1.29, 1.82) is 0 Å². The van der Waals surface area contributed by atoms with Crippen LogP contribution in [0.2, 0.25) is 0 Å². The van der Waals surface area contributed by atoms with E-state index in [1.165, 1.54) is 0 Å². The molecule has 0 spiro atoms. The molecule has 7 heteroatoms. The molecule has 1 aliphatic heterocycles. The largest absolute Gasteiger partial charge is 0.497 e. The maximum atomic E-state index is 12.9. The molecule has 0 aliphatic carbocycles. The van der Waals surface area contributed by atoms with Crippen LogP contribution in [0.5, 0.6) is 11.5 Å². The zero-order valence-corrected chi connectivity index (χ0v) is 16.8. The molecule has 2 aromatic rings. The lowest BCUT2D eigenvalue weighted by atomic mass is 9.93. The Morgan fingerprint density at radius 1 is 1.21 bits per heavy atom. The van der Waals surface area contributed by atoms with Crippen LogP contribution in [0.4, 0.5) is 21.9 Å². The van der Waals surface area contributed by atoms with Crippen molar-refractivity contribution in [2.75, 3.05) is 35.8 Å². The van der Waals surface area contributed by atoms with E-state index >= 15 is 0 Å². The van der Waals surface area contributed by atoms with Gasteiger partial charge in [-0.25, -0.2) is 4.79 Å². The summed E-state index contributed by atoms with van der Waals surface area (Å²) < 4.78 is 11.0. The Morgan fingerprint density at radius 3 is 2.52 bits per heavy atom. The SMILES string of the molecule is C=CCN1C(=O)C(C)(C)COc2ccc(NC(=O)Nc3ccc(OC)cc3)cc21. The molecule has 0 bridgehead atoms. The Labute approximate surface area is 170 Å². The third kappa shape index (κ3) is 4.51. The van der Waals surface area contributed by atoms with E-state index in [-0.39, 0.29) is 12.5 Å². The first-order chi connectivity index (χ1) is 13.8. The molecular weight excluding hydrogens is 370 g/mol. The van der Waals surface area contributed by atoms with Crippen molar-refractivity contribution in [3.05, 3.63) is 55.1 Å². The third-order valence-electron chi connectivity index (χ3n) is 4.58. The molecule has 0 aromatic heterocycles. The number of hydrogen-bond donors (Lipinski definition) is 2. The van der Waals surface area contributed by atoms with Gasteiger partial charge in [0, 0.05) is 17.9 Å². The average molecular weight is 395 g/mol. The number of anilines is 3. The first kappa shape index (κ1) is 20.3. The number of benzene rings is 2. The first-order valence-electron chi connectivity index (χ1n) is 9.26. The monoisotopic (exact) mass is 395 g/mol. The molecule has 152 valence electrons. The number of methoxy groups -OCH3 is 1. The molecular formula is C22H25N3O4. The summed E-state index contributed by atoms with van der Waals surface area (Å²) in [4.78, 5) is 26.9. The van der Waals surface area contributed by atoms with Crippen LogP contribution in [-0.4, -0.2) is 32.2 Å². The van der Waals surface area contributed by atoms with Gasteiger partial charge in [0.05, 0.1) is 18.2 Å². The number of hydrogen-bond acceptors (Lipinski definition) is 4. The zero-order chi connectivity index (χ0) is 21.0. The van der Waals surface area contributed by atoms with E-state index in [1.54, 1.807) is 60.6 Å². The minimum absolute atomic E-state index is 0.0593. The molecule has 3 rings (SSSR count). The fourth-order valence-electron chi connectivity index (χ4n) is 3.00. The van der Waals surface area contributed by atoms with E-state index in [1.807, 2.05) is 13.8 Å². The summed E-state index contributed by atoms with van der Waals surface area (Å²) in [5.41, 5.74) is 1.11. The molecule has 2 aromatic carbocycles. The number of urea groups is 1. The first-order valence-corrected chi connectivity index (χ1v) is 9.26. The number of carbonyl (C=O) groups excluding carboxylic acids is 2. The smallest absolute Gasteiger partial charge is 0.323 e. The van der Waals surface area contributed by atoms with Crippen LogP contribution in [0, 0.1) is 5.41 Å². The summed E-state index contributed by atoms with van der Waals surface area (Å²) >= 11 is 0. The third-order valence-corrected chi connectivity index (χ3v) is 4.58. The highest BCUT2D eigenvalue weighted by Crippen LogP contribution is 2.38. The topological polar surface area (TPSA) is 79.9 Å². The quantitative estimate of drug-likeness (QED) is 0.741. The van der Waals surface area contributed by atoms with Crippen molar-refractivity contribution < 1.29 is 19.1 Å². The van der Waals surface area contributed by atoms with Crippen LogP contribution in [0.15, 0.2) is 55.1 Å². The van der Waals surface area contributed by atoms with Gasteiger partial charge in [0.15, 0.2) is 0 Å². The highest BCUT2D eigenvalue weighted by Gasteiger charge is 2.37. The maximum absolute atomic E-state index is 12.9. The van der Waals surface area contributed by atoms with Crippen molar-refractivity contribution in [2.45, 2.75) is 13.8 Å². The molecule has 7 nitrogen and oxygen atoms in total. The second-order valence-corrected chi connectivity index (χ2v) is 7.37. The van der Waals surface area contributed by atoms with Gasteiger partial charge in [0.25, 0.3) is 0 Å². The molecule has 0 radical (unpaired) electrons. The lowest BCUT2D eigenvalue weighted by molar-refractivity contribution is -0.127. The number of nitrogens with zero attached hydrogens (tertiary/aromatic N) is 1. The summed E-state index contributed by atoms with van der Waals surface area (Å²) in [5.74, 6) is 1.24. The Morgan fingerprint density at radius 2 is 1.86 bits per heavy atom. The number of amides is 3.